The topological polar surface area (TPSA) is 56.1 Å². The van der Waals surface area contributed by atoms with Crippen molar-refractivity contribution in [2.45, 2.75) is 0 Å². The second-order valence-electron chi connectivity index (χ2n) is 4.92. The van der Waals surface area contributed by atoms with Crippen LogP contribution in [0, 0.1) is 0 Å². The Kier molecular flexibility index (Phi) is 7.19. The van der Waals surface area contributed by atoms with E-state index in [0.29, 0.717) is 0 Å². The minimum Gasteiger partial charge on any atom is -0.434 e. The van der Waals surface area contributed by atoms with Crippen molar-refractivity contribution in [1.82, 2.24) is 19.8 Å². The molecule has 0 saturated carbocycles. The highest BCUT2D eigenvalue weighted by Crippen LogP contribution is 2.14. The second kappa shape index (κ2) is 7.86. The molecule has 0 atom stereocenters. The Labute approximate surface area is 125 Å². The summed E-state index contributed by atoms with van der Waals surface area (Å²) in [5.74, 6) is 0. The molecule has 0 aliphatic carbocycles. The van der Waals surface area contributed by atoms with Gasteiger partial charge in [0.25, 0.3) is 0 Å². The van der Waals surface area contributed by atoms with Gasteiger partial charge in [-0.3, -0.25) is 10.0 Å². The molecule has 0 aromatic heterocycles. The fraction of sp³-hybridized carbons (Fsp3) is 0.800. The van der Waals surface area contributed by atoms with Gasteiger partial charge in [0.05, 0.1) is 0 Å². The molecule has 0 heterocycles. The van der Waals surface area contributed by atoms with Gasteiger partial charge in [0.2, 0.25) is 0 Å². The van der Waals surface area contributed by atoms with E-state index in [1.54, 1.807) is 56.4 Å². The molecular formula is C10H24F2N6O2Si. The van der Waals surface area contributed by atoms with Crippen molar-refractivity contribution in [2.24, 2.45) is 10.2 Å². The van der Waals surface area contributed by atoms with Crippen molar-refractivity contribution >= 4 is 21.3 Å². The Balaban J connectivity index is 5.11. The minimum atomic E-state index is -5.49. The molecule has 11 heteroatoms. The lowest BCUT2D eigenvalue weighted by molar-refractivity contribution is 0.188. The average Bonchev–Trinajstić information content (AvgIpc) is 2.24. The van der Waals surface area contributed by atoms with Crippen molar-refractivity contribution in [1.29, 1.82) is 0 Å². The van der Waals surface area contributed by atoms with E-state index in [0.717, 1.165) is 0 Å². The molecule has 0 amide bonds. The number of hydrogen-bond donors (Lipinski definition) is 0. The lowest BCUT2D eigenvalue weighted by atomic mass is 10.9. The summed E-state index contributed by atoms with van der Waals surface area (Å²) < 4.78 is 37.3. The van der Waals surface area contributed by atoms with Gasteiger partial charge in [-0.25, -0.2) is 0 Å². The third-order valence-corrected chi connectivity index (χ3v) is 2.60. The van der Waals surface area contributed by atoms with Gasteiger partial charge < -0.3 is 18.7 Å². The lowest BCUT2D eigenvalue weighted by Crippen LogP contribution is -2.45. The summed E-state index contributed by atoms with van der Waals surface area (Å²) in [6.45, 7) is 0. The second-order valence-corrected chi connectivity index (χ2v) is 6.25. The molecule has 0 fully saturated rings. The van der Waals surface area contributed by atoms with E-state index < -0.39 is 9.23 Å². The zero-order valence-corrected chi connectivity index (χ0v) is 14.8. The first-order valence-electron chi connectivity index (χ1n) is 6.07. The fourth-order valence-electron chi connectivity index (χ4n) is 0.978. The minimum absolute atomic E-state index is 0.236. The molecule has 0 N–H and O–H groups in total. The highest BCUT2D eigenvalue weighted by molar-refractivity contribution is 6.56. The number of amidine groups is 2. The largest absolute Gasteiger partial charge is 0.910 e. The molecule has 0 aliphatic heterocycles. The molecule has 0 unspecified atom stereocenters. The van der Waals surface area contributed by atoms with Crippen molar-refractivity contribution in [3.63, 3.8) is 0 Å². The van der Waals surface area contributed by atoms with Crippen molar-refractivity contribution in [2.75, 3.05) is 56.4 Å². The third kappa shape index (κ3) is 8.17. The van der Waals surface area contributed by atoms with Gasteiger partial charge in [-0.2, -0.15) is 8.22 Å². The predicted octanol–water partition coefficient (Wildman–Crippen LogP) is 0.183. The van der Waals surface area contributed by atoms with E-state index in [2.05, 4.69) is 19.1 Å². The first-order valence-corrected chi connectivity index (χ1v) is 7.64. The Morgan fingerprint density at radius 2 is 1.00 bits per heavy atom. The Hall–Kier alpha value is -1.78. The Bertz CT molecular complexity index is 354. The molecule has 0 rings (SSSR count). The number of rotatable bonds is 4. The molecule has 0 bridgehead atoms. The van der Waals surface area contributed by atoms with Crippen LogP contribution in [0.4, 0.5) is 8.22 Å². The van der Waals surface area contributed by atoms with Gasteiger partial charge in [-0.1, -0.05) is 0 Å². The van der Waals surface area contributed by atoms with Crippen molar-refractivity contribution in [3.05, 3.63) is 0 Å². The van der Waals surface area contributed by atoms with Crippen LogP contribution >= 0.6 is 0 Å². The summed E-state index contributed by atoms with van der Waals surface area (Å²) in [6, 6.07) is -0.473. The maximum atomic E-state index is 14.0. The molecule has 0 aliphatic rings. The summed E-state index contributed by atoms with van der Waals surface area (Å²) in [4.78, 5) is 2.67. The number of hydrogen-bond acceptors (Lipinski definition) is 6. The zero-order valence-electron chi connectivity index (χ0n) is 13.8. The van der Waals surface area contributed by atoms with E-state index in [-0.39, 0.29) is 12.0 Å². The van der Waals surface area contributed by atoms with Crippen LogP contribution in [0.5, 0.6) is 0 Å². The summed E-state index contributed by atoms with van der Waals surface area (Å²) >= 11 is 0. The molecule has 0 saturated heterocycles. The Morgan fingerprint density at radius 1 is 0.714 bits per heavy atom. The van der Waals surface area contributed by atoms with Gasteiger partial charge in [-0.05, 0) is 0 Å². The maximum absolute atomic E-state index is 14.0. The van der Waals surface area contributed by atoms with Crippen LogP contribution in [0.2, 0.25) is 0 Å². The van der Waals surface area contributed by atoms with E-state index in [4.69, 9.17) is 0 Å². The predicted molar refractivity (Wildman–Crippen MR) is 79.8 cm³/mol. The zero-order chi connectivity index (χ0) is 16.8. The van der Waals surface area contributed by atoms with Crippen molar-refractivity contribution < 1.29 is 17.1 Å². The summed E-state index contributed by atoms with van der Waals surface area (Å²) in [6.07, 6.45) is 0. The number of halogens is 2. The molecule has 124 valence electrons. The van der Waals surface area contributed by atoms with Crippen LogP contribution in [0.3, 0.4) is 0 Å². The summed E-state index contributed by atoms with van der Waals surface area (Å²) in [5.41, 5.74) is 0. The molecule has 8 nitrogen and oxygen atoms in total. The van der Waals surface area contributed by atoms with Crippen LogP contribution < -0.4 is 0 Å². The van der Waals surface area contributed by atoms with Gasteiger partial charge in [0.15, 0.2) is 0 Å². The van der Waals surface area contributed by atoms with E-state index in [9.17, 15) is 8.22 Å². The molecule has 0 spiro atoms. The first-order chi connectivity index (χ1) is 9.44. The number of nitrogens with zero attached hydrogens (tertiary/aromatic N) is 6. The SMILES string of the molecule is CN(C)/N=C(/O[Si](F)(F)O/C(=N/N(C)C)N(C)C)N(C)C. The van der Waals surface area contributed by atoms with E-state index in [1.807, 2.05) is 0 Å². The van der Waals surface area contributed by atoms with Crippen LogP contribution in [0.1, 0.15) is 0 Å². The molecule has 0 aromatic carbocycles. The van der Waals surface area contributed by atoms with Gasteiger partial charge in [-0.15, -0.1) is 10.2 Å². The molecule has 0 aromatic rings. The van der Waals surface area contributed by atoms with Crippen LogP contribution in [-0.2, 0) is 8.85 Å². The standard InChI is InChI=1S/C10H24F2N6O2Si/c1-15(2)9(13-17(5)6)19-21(11,12)20-10(16(3)4)14-18(7)8/h1-8H3/b13-9+,14-10+. The first kappa shape index (κ1) is 19.2. The highest BCUT2D eigenvalue weighted by Gasteiger charge is 2.53. The monoisotopic (exact) mass is 326 g/mol. The molecule has 21 heavy (non-hydrogen) atoms. The van der Waals surface area contributed by atoms with Crippen LogP contribution in [0.25, 0.3) is 0 Å². The van der Waals surface area contributed by atoms with Gasteiger partial charge in [0.1, 0.15) is 0 Å². The lowest BCUT2D eigenvalue weighted by Gasteiger charge is -2.24. The Morgan fingerprint density at radius 3 is 1.19 bits per heavy atom. The van der Waals surface area contributed by atoms with Gasteiger partial charge >= 0.3 is 21.3 Å². The van der Waals surface area contributed by atoms with E-state index in [1.165, 1.54) is 19.8 Å². The van der Waals surface area contributed by atoms with Crippen LogP contribution in [-0.4, -0.2) is 97.5 Å². The highest BCUT2D eigenvalue weighted by atomic mass is 28.5. The quantitative estimate of drug-likeness (QED) is 0.242. The van der Waals surface area contributed by atoms with Crippen molar-refractivity contribution in [3.8, 4) is 0 Å². The number of hydrazone groups is 2. The third-order valence-electron chi connectivity index (χ3n) is 1.76. The van der Waals surface area contributed by atoms with E-state index >= 15 is 0 Å². The maximum Gasteiger partial charge on any atom is 0.910 e. The van der Waals surface area contributed by atoms with Crippen LogP contribution in [0.15, 0.2) is 10.2 Å². The smallest absolute Gasteiger partial charge is 0.434 e. The summed E-state index contributed by atoms with van der Waals surface area (Å²) in [5, 5.41) is 10.4. The molecule has 0 radical (unpaired) electrons. The fourth-order valence-corrected chi connectivity index (χ4v) is 1.89. The summed E-state index contributed by atoms with van der Waals surface area (Å²) in [7, 11) is 7.12. The van der Waals surface area contributed by atoms with Gasteiger partial charge in [0, 0.05) is 56.4 Å². The molecular weight excluding hydrogens is 302 g/mol. The average molecular weight is 326 g/mol. The normalized spacial score (nSPS) is 12.9.